The lowest BCUT2D eigenvalue weighted by atomic mass is 9.91. The number of carbonyl (C=O) groups is 1. The Kier molecular flexibility index (Phi) is 4.72. The van der Waals surface area contributed by atoms with Crippen LogP contribution < -0.4 is 0 Å². The minimum atomic E-state index is 0.100. The lowest BCUT2D eigenvalue weighted by Crippen LogP contribution is -2.48. The van der Waals surface area contributed by atoms with E-state index in [9.17, 15) is 4.79 Å². The molecule has 2 nitrogen and oxygen atoms in total. The first-order chi connectivity index (χ1) is 9.79. The van der Waals surface area contributed by atoms with E-state index in [0.717, 1.165) is 24.7 Å². The summed E-state index contributed by atoms with van der Waals surface area (Å²) in [6.45, 7) is 0.905. The van der Waals surface area contributed by atoms with Crippen LogP contribution in [0.5, 0.6) is 0 Å². The molecule has 108 valence electrons. The third-order valence-corrected chi connectivity index (χ3v) is 6.12. The molecular weight excluding hydrogens is 334 g/mol. The Bertz CT molecular complexity index is 464. The van der Waals surface area contributed by atoms with Gasteiger partial charge in [0.25, 0.3) is 0 Å². The van der Waals surface area contributed by atoms with Crippen molar-refractivity contribution in [3.05, 3.63) is 29.8 Å². The molecule has 1 aromatic carbocycles. The monoisotopic (exact) mass is 353 g/mol. The molecule has 1 heterocycles. The van der Waals surface area contributed by atoms with E-state index in [0.29, 0.717) is 11.9 Å². The molecule has 0 aromatic heterocycles. The summed E-state index contributed by atoms with van der Waals surface area (Å²) >= 11 is 5.23. The van der Waals surface area contributed by atoms with Crippen LogP contribution in [0.15, 0.2) is 29.2 Å². The van der Waals surface area contributed by atoms with Gasteiger partial charge in [-0.05, 0) is 43.7 Å². The van der Waals surface area contributed by atoms with Gasteiger partial charge in [0.15, 0.2) is 0 Å². The Balaban J connectivity index is 1.68. The zero-order valence-corrected chi connectivity index (χ0v) is 14.0. The smallest absolute Gasteiger partial charge is 0.236 e. The topological polar surface area (TPSA) is 20.3 Å². The number of carbonyl (C=O) groups excluding carboxylic acids is 1. The summed E-state index contributed by atoms with van der Waals surface area (Å²) in [6.07, 6.45) is 5.61. The van der Waals surface area contributed by atoms with Crippen LogP contribution in [0, 0.1) is 0 Å². The Morgan fingerprint density at radius 2 is 2.15 bits per heavy atom. The minimum Gasteiger partial charge on any atom is -0.339 e. The standard InChI is InChI=1S/C16H20BrNOS/c17-9-4-10-18(13-6-3-7-13)16(19)15-11-12-5-1-2-8-14(12)20-15/h1-2,5,8,13,15H,3-4,6-7,9-11H2. The van der Waals surface area contributed by atoms with Crippen molar-refractivity contribution in [1.82, 2.24) is 4.90 Å². The highest BCUT2D eigenvalue weighted by Crippen LogP contribution is 2.38. The van der Waals surface area contributed by atoms with Gasteiger partial charge < -0.3 is 4.90 Å². The number of alkyl halides is 1. The molecule has 0 radical (unpaired) electrons. The molecule has 20 heavy (non-hydrogen) atoms. The minimum absolute atomic E-state index is 0.100. The van der Waals surface area contributed by atoms with E-state index >= 15 is 0 Å². The zero-order valence-electron chi connectivity index (χ0n) is 11.6. The molecule has 2 aliphatic rings. The number of fused-ring (bicyclic) bond motifs is 1. The van der Waals surface area contributed by atoms with Crippen LogP contribution in [-0.2, 0) is 11.2 Å². The van der Waals surface area contributed by atoms with Gasteiger partial charge in [0.1, 0.15) is 0 Å². The van der Waals surface area contributed by atoms with Crippen molar-refractivity contribution < 1.29 is 4.79 Å². The molecule has 0 bridgehead atoms. The largest absolute Gasteiger partial charge is 0.339 e. The van der Waals surface area contributed by atoms with Gasteiger partial charge in [0, 0.05) is 22.8 Å². The van der Waals surface area contributed by atoms with Gasteiger partial charge in [-0.1, -0.05) is 34.1 Å². The van der Waals surface area contributed by atoms with Gasteiger partial charge in [-0.3, -0.25) is 4.79 Å². The summed E-state index contributed by atoms with van der Waals surface area (Å²) in [6, 6.07) is 8.93. The Morgan fingerprint density at radius 3 is 2.80 bits per heavy atom. The SMILES string of the molecule is O=C(C1Cc2ccccc2S1)N(CCCBr)C1CCC1. The number of nitrogens with zero attached hydrogens (tertiary/aromatic N) is 1. The average Bonchev–Trinajstić information content (AvgIpc) is 2.84. The van der Waals surface area contributed by atoms with Crippen molar-refractivity contribution in [3.63, 3.8) is 0 Å². The van der Waals surface area contributed by atoms with Gasteiger partial charge in [-0.25, -0.2) is 0 Å². The molecule has 3 rings (SSSR count). The summed E-state index contributed by atoms with van der Waals surface area (Å²) in [4.78, 5) is 16.3. The zero-order chi connectivity index (χ0) is 13.9. The summed E-state index contributed by atoms with van der Waals surface area (Å²) < 4.78 is 0. The molecule has 1 aromatic rings. The fourth-order valence-corrected chi connectivity index (χ4v) is 4.42. The molecule has 1 fully saturated rings. The first-order valence-corrected chi connectivity index (χ1v) is 9.40. The number of amides is 1. The normalized spacial score (nSPS) is 21.4. The molecule has 1 atom stereocenters. The van der Waals surface area contributed by atoms with Crippen LogP contribution in [0.4, 0.5) is 0 Å². The van der Waals surface area contributed by atoms with Crippen LogP contribution in [0.1, 0.15) is 31.2 Å². The average molecular weight is 354 g/mol. The van der Waals surface area contributed by atoms with Crippen molar-refractivity contribution in [2.24, 2.45) is 0 Å². The van der Waals surface area contributed by atoms with E-state index < -0.39 is 0 Å². The Morgan fingerprint density at radius 1 is 1.35 bits per heavy atom. The maximum atomic E-state index is 12.8. The quantitative estimate of drug-likeness (QED) is 0.749. The predicted octanol–water partition coefficient (Wildman–Crippen LogP) is 3.87. The molecule has 1 saturated carbocycles. The van der Waals surface area contributed by atoms with Crippen molar-refractivity contribution in [2.75, 3.05) is 11.9 Å². The molecule has 1 aliphatic carbocycles. The van der Waals surface area contributed by atoms with E-state index in [1.807, 2.05) is 0 Å². The maximum Gasteiger partial charge on any atom is 0.236 e. The first kappa shape index (κ1) is 14.5. The van der Waals surface area contributed by atoms with Crippen LogP contribution in [-0.4, -0.2) is 34.0 Å². The lowest BCUT2D eigenvalue weighted by molar-refractivity contribution is -0.134. The van der Waals surface area contributed by atoms with Crippen LogP contribution in [0.2, 0.25) is 0 Å². The molecule has 0 saturated heterocycles. The number of hydrogen-bond donors (Lipinski definition) is 0. The van der Waals surface area contributed by atoms with Crippen LogP contribution >= 0.6 is 27.7 Å². The number of benzene rings is 1. The predicted molar refractivity (Wildman–Crippen MR) is 87.6 cm³/mol. The number of hydrogen-bond acceptors (Lipinski definition) is 2. The molecule has 1 unspecified atom stereocenters. The highest BCUT2D eigenvalue weighted by molar-refractivity contribution is 9.09. The van der Waals surface area contributed by atoms with E-state index in [1.165, 1.54) is 29.7 Å². The van der Waals surface area contributed by atoms with E-state index in [2.05, 4.69) is 45.1 Å². The highest BCUT2D eigenvalue weighted by Gasteiger charge is 2.35. The molecule has 4 heteroatoms. The van der Waals surface area contributed by atoms with Crippen molar-refractivity contribution in [1.29, 1.82) is 0 Å². The Hall–Kier alpha value is -0.480. The van der Waals surface area contributed by atoms with E-state index in [-0.39, 0.29) is 5.25 Å². The number of halogens is 1. The van der Waals surface area contributed by atoms with Crippen molar-refractivity contribution in [3.8, 4) is 0 Å². The molecule has 0 spiro atoms. The summed E-state index contributed by atoms with van der Waals surface area (Å²) in [7, 11) is 0. The summed E-state index contributed by atoms with van der Waals surface area (Å²) in [5, 5.41) is 1.07. The first-order valence-electron chi connectivity index (χ1n) is 7.40. The fraction of sp³-hybridized carbons (Fsp3) is 0.562. The van der Waals surface area contributed by atoms with Gasteiger partial charge in [-0.2, -0.15) is 0 Å². The fourth-order valence-electron chi connectivity index (χ4n) is 2.91. The lowest BCUT2D eigenvalue weighted by Gasteiger charge is -2.38. The van der Waals surface area contributed by atoms with Crippen LogP contribution in [0.25, 0.3) is 0 Å². The van der Waals surface area contributed by atoms with Crippen LogP contribution in [0.3, 0.4) is 0 Å². The number of rotatable bonds is 5. The third-order valence-electron chi connectivity index (χ3n) is 4.25. The molecular formula is C16H20BrNOS. The second-order valence-corrected chi connectivity index (χ2v) is 7.61. The van der Waals surface area contributed by atoms with Crippen molar-refractivity contribution in [2.45, 2.75) is 48.3 Å². The third kappa shape index (κ3) is 2.91. The molecule has 1 aliphatic heterocycles. The maximum absolute atomic E-state index is 12.8. The summed E-state index contributed by atoms with van der Waals surface area (Å²) in [5.74, 6) is 0.358. The summed E-state index contributed by atoms with van der Waals surface area (Å²) in [5.41, 5.74) is 1.34. The van der Waals surface area contributed by atoms with Gasteiger partial charge in [0.05, 0.1) is 5.25 Å². The van der Waals surface area contributed by atoms with Gasteiger partial charge in [-0.15, -0.1) is 11.8 Å². The molecule has 0 N–H and O–H groups in total. The Labute approximate surface area is 133 Å². The second-order valence-electron chi connectivity index (χ2n) is 5.58. The van der Waals surface area contributed by atoms with Gasteiger partial charge >= 0.3 is 0 Å². The van der Waals surface area contributed by atoms with Crippen molar-refractivity contribution >= 4 is 33.6 Å². The van der Waals surface area contributed by atoms with E-state index in [4.69, 9.17) is 0 Å². The van der Waals surface area contributed by atoms with E-state index in [1.54, 1.807) is 11.8 Å². The van der Waals surface area contributed by atoms with Gasteiger partial charge in [0.2, 0.25) is 5.91 Å². The number of thioether (sulfide) groups is 1. The molecule has 1 amide bonds. The second kappa shape index (κ2) is 6.52. The highest BCUT2D eigenvalue weighted by atomic mass is 79.9.